The van der Waals surface area contributed by atoms with Crippen molar-refractivity contribution in [3.63, 3.8) is 0 Å². The molecule has 1 saturated heterocycles. The Balaban J connectivity index is 1.69. The molecular weight excluding hydrogens is 363 g/mol. The van der Waals surface area contributed by atoms with Crippen LogP contribution in [-0.4, -0.2) is 32.2 Å². The standard InChI is InChI=1S/C17H16BrFN2O2/c18-13-3-6-16(15(19)11-13)20-17(22)12-1-4-14(5-2-12)21-7-9-23-10-8-21/h1-6,11H,7-10H2,(H,20,22). The van der Waals surface area contributed by atoms with E-state index in [1.165, 1.54) is 12.1 Å². The summed E-state index contributed by atoms with van der Waals surface area (Å²) in [6.45, 7) is 3.11. The molecule has 2 aromatic carbocycles. The second kappa shape index (κ2) is 7.10. The van der Waals surface area contributed by atoms with Crippen molar-refractivity contribution in [3.05, 3.63) is 58.3 Å². The molecule has 0 spiro atoms. The van der Waals surface area contributed by atoms with Crippen LogP contribution in [0.15, 0.2) is 46.9 Å². The molecule has 23 heavy (non-hydrogen) atoms. The zero-order valence-electron chi connectivity index (χ0n) is 12.4. The minimum atomic E-state index is -0.474. The van der Waals surface area contributed by atoms with Crippen LogP contribution in [0.5, 0.6) is 0 Å². The lowest BCUT2D eigenvalue weighted by atomic mass is 10.1. The summed E-state index contributed by atoms with van der Waals surface area (Å²) in [5, 5.41) is 2.58. The number of nitrogens with zero attached hydrogens (tertiary/aromatic N) is 1. The Morgan fingerprint density at radius 1 is 1.13 bits per heavy atom. The highest BCUT2D eigenvalue weighted by atomic mass is 79.9. The van der Waals surface area contributed by atoms with E-state index in [2.05, 4.69) is 26.1 Å². The van der Waals surface area contributed by atoms with Crippen LogP contribution in [-0.2, 0) is 4.74 Å². The van der Waals surface area contributed by atoms with Crippen molar-refractivity contribution < 1.29 is 13.9 Å². The fourth-order valence-electron chi connectivity index (χ4n) is 2.43. The van der Waals surface area contributed by atoms with E-state index in [0.29, 0.717) is 23.2 Å². The summed E-state index contributed by atoms with van der Waals surface area (Å²) < 4.78 is 19.7. The molecule has 1 fully saturated rings. The highest BCUT2D eigenvalue weighted by molar-refractivity contribution is 9.10. The lowest BCUT2D eigenvalue weighted by Gasteiger charge is -2.28. The fraction of sp³-hybridized carbons (Fsp3) is 0.235. The SMILES string of the molecule is O=C(Nc1ccc(Br)cc1F)c1ccc(N2CCOCC2)cc1. The van der Waals surface area contributed by atoms with Crippen molar-refractivity contribution in [2.75, 3.05) is 36.5 Å². The molecule has 0 bridgehead atoms. The molecule has 1 aliphatic heterocycles. The number of benzene rings is 2. The molecular formula is C17H16BrFN2O2. The summed E-state index contributed by atoms with van der Waals surface area (Å²) in [5.74, 6) is -0.808. The number of carbonyl (C=O) groups excluding carboxylic acids is 1. The summed E-state index contributed by atoms with van der Waals surface area (Å²) in [5.41, 5.74) is 1.71. The van der Waals surface area contributed by atoms with Gasteiger partial charge in [-0.05, 0) is 42.5 Å². The van der Waals surface area contributed by atoms with Gasteiger partial charge < -0.3 is 15.0 Å². The van der Waals surface area contributed by atoms with Gasteiger partial charge in [-0.15, -0.1) is 0 Å². The van der Waals surface area contributed by atoms with Crippen LogP contribution < -0.4 is 10.2 Å². The Labute approximate surface area is 142 Å². The first kappa shape index (κ1) is 16.0. The Kier molecular flexibility index (Phi) is 4.93. The molecule has 0 unspecified atom stereocenters. The number of hydrogen-bond donors (Lipinski definition) is 1. The number of halogens is 2. The molecule has 1 heterocycles. The summed E-state index contributed by atoms with van der Waals surface area (Å²) in [7, 11) is 0. The summed E-state index contributed by atoms with van der Waals surface area (Å²) >= 11 is 3.19. The number of rotatable bonds is 3. The van der Waals surface area contributed by atoms with Crippen molar-refractivity contribution in [1.29, 1.82) is 0 Å². The van der Waals surface area contributed by atoms with Gasteiger partial charge in [0.1, 0.15) is 5.82 Å². The quantitative estimate of drug-likeness (QED) is 0.885. The first-order valence-corrected chi connectivity index (χ1v) is 8.12. The molecule has 0 aromatic heterocycles. The molecule has 0 saturated carbocycles. The maximum absolute atomic E-state index is 13.8. The van der Waals surface area contributed by atoms with Crippen LogP contribution >= 0.6 is 15.9 Å². The Morgan fingerprint density at radius 3 is 2.48 bits per heavy atom. The number of anilines is 2. The third-order valence-corrected chi connectivity index (χ3v) is 4.18. The van der Waals surface area contributed by atoms with Crippen LogP contribution in [0.2, 0.25) is 0 Å². The third kappa shape index (κ3) is 3.89. The van der Waals surface area contributed by atoms with Gasteiger partial charge in [-0.3, -0.25) is 4.79 Å². The van der Waals surface area contributed by atoms with E-state index in [1.807, 2.05) is 12.1 Å². The van der Waals surface area contributed by atoms with Crippen molar-refractivity contribution >= 4 is 33.2 Å². The van der Waals surface area contributed by atoms with Gasteiger partial charge in [0.2, 0.25) is 0 Å². The smallest absolute Gasteiger partial charge is 0.255 e. The normalized spacial score (nSPS) is 14.6. The van der Waals surface area contributed by atoms with Crippen molar-refractivity contribution in [2.45, 2.75) is 0 Å². The molecule has 2 aromatic rings. The van der Waals surface area contributed by atoms with E-state index in [9.17, 15) is 9.18 Å². The van der Waals surface area contributed by atoms with Gasteiger partial charge in [0, 0.05) is 28.8 Å². The van der Waals surface area contributed by atoms with E-state index in [0.717, 1.165) is 18.8 Å². The highest BCUT2D eigenvalue weighted by Crippen LogP contribution is 2.21. The minimum Gasteiger partial charge on any atom is -0.378 e. The van der Waals surface area contributed by atoms with Gasteiger partial charge >= 0.3 is 0 Å². The van der Waals surface area contributed by atoms with E-state index < -0.39 is 5.82 Å². The zero-order valence-corrected chi connectivity index (χ0v) is 14.0. The number of amides is 1. The molecule has 3 rings (SSSR count). The summed E-state index contributed by atoms with van der Waals surface area (Å²) in [4.78, 5) is 14.4. The van der Waals surface area contributed by atoms with Crippen LogP contribution in [0.4, 0.5) is 15.8 Å². The zero-order chi connectivity index (χ0) is 16.2. The Bertz CT molecular complexity index is 700. The van der Waals surface area contributed by atoms with Crippen LogP contribution in [0.3, 0.4) is 0 Å². The minimum absolute atomic E-state index is 0.162. The monoisotopic (exact) mass is 378 g/mol. The van der Waals surface area contributed by atoms with Crippen LogP contribution in [0, 0.1) is 5.82 Å². The lowest BCUT2D eigenvalue weighted by Crippen LogP contribution is -2.36. The summed E-state index contributed by atoms with van der Waals surface area (Å²) in [6, 6.07) is 11.8. The molecule has 1 N–H and O–H groups in total. The predicted molar refractivity (Wildman–Crippen MR) is 91.5 cm³/mol. The van der Waals surface area contributed by atoms with E-state index in [-0.39, 0.29) is 11.6 Å². The molecule has 1 amide bonds. The molecule has 0 radical (unpaired) electrons. The highest BCUT2D eigenvalue weighted by Gasteiger charge is 2.13. The lowest BCUT2D eigenvalue weighted by molar-refractivity contribution is 0.102. The Morgan fingerprint density at radius 2 is 1.83 bits per heavy atom. The molecule has 0 atom stereocenters. The molecule has 0 aliphatic carbocycles. The molecule has 120 valence electrons. The van der Waals surface area contributed by atoms with E-state index in [4.69, 9.17) is 4.74 Å². The largest absolute Gasteiger partial charge is 0.378 e. The third-order valence-electron chi connectivity index (χ3n) is 3.69. The summed E-state index contributed by atoms with van der Waals surface area (Å²) in [6.07, 6.45) is 0. The number of hydrogen-bond acceptors (Lipinski definition) is 3. The second-order valence-corrected chi connectivity index (χ2v) is 6.14. The average Bonchev–Trinajstić information content (AvgIpc) is 2.58. The number of ether oxygens (including phenoxy) is 1. The van der Waals surface area contributed by atoms with Crippen molar-refractivity contribution in [2.24, 2.45) is 0 Å². The molecule has 1 aliphatic rings. The average molecular weight is 379 g/mol. The first-order valence-electron chi connectivity index (χ1n) is 7.32. The van der Waals surface area contributed by atoms with E-state index >= 15 is 0 Å². The van der Waals surface area contributed by atoms with Gasteiger partial charge in [0.05, 0.1) is 18.9 Å². The maximum atomic E-state index is 13.8. The Hall–Kier alpha value is -1.92. The van der Waals surface area contributed by atoms with Crippen LogP contribution in [0.25, 0.3) is 0 Å². The van der Waals surface area contributed by atoms with Crippen LogP contribution in [0.1, 0.15) is 10.4 Å². The second-order valence-electron chi connectivity index (χ2n) is 5.22. The van der Waals surface area contributed by atoms with Gasteiger partial charge in [0.15, 0.2) is 0 Å². The number of carbonyl (C=O) groups is 1. The van der Waals surface area contributed by atoms with Gasteiger partial charge in [-0.1, -0.05) is 15.9 Å². The van der Waals surface area contributed by atoms with Crippen molar-refractivity contribution in [1.82, 2.24) is 0 Å². The molecule has 4 nitrogen and oxygen atoms in total. The molecule has 6 heteroatoms. The fourth-order valence-corrected chi connectivity index (χ4v) is 2.76. The van der Waals surface area contributed by atoms with Gasteiger partial charge in [-0.2, -0.15) is 0 Å². The van der Waals surface area contributed by atoms with E-state index in [1.54, 1.807) is 18.2 Å². The van der Waals surface area contributed by atoms with Gasteiger partial charge in [-0.25, -0.2) is 4.39 Å². The van der Waals surface area contributed by atoms with Crippen molar-refractivity contribution in [3.8, 4) is 0 Å². The topological polar surface area (TPSA) is 41.6 Å². The number of morpholine rings is 1. The number of nitrogens with one attached hydrogen (secondary N) is 1. The first-order chi connectivity index (χ1) is 11.1. The predicted octanol–water partition coefficient (Wildman–Crippen LogP) is 3.68. The maximum Gasteiger partial charge on any atom is 0.255 e. The van der Waals surface area contributed by atoms with Gasteiger partial charge in [0.25, 0.3) is 5.91 Å².